The monoisotopic (exact) mass is 589 g/mol. The zero-order chi connectivity index (χ0) is 32.8. The van der Waals surface area contributed by atoms with E-state index in [-0.39, 0.29) is 5.82 Å². The number of aromatic nitrogens is 2. The number of rotatable bonds is 5. The van der Waals surface area contributed by atoms with Crippen molar-refractivity contribution in [2.45, 2.75) is 48.0 Å². The summed E-state index contributed by atoms with van der Waals surface area (Å²) in [4.78, 5) is 34.3. The number of hydrogen-bond donors (Lipinski definition) is 3. The third kappa shape index (κ3) is 13.2. The summed E-state index contributed by atoms with van der Waals surface area (Å²) in [6.07, 6.45) is 4.32. The molecule has 230 valence electrons. The number of amidine groups is 1. The number of halogens is 1. The standard InChI is InChI=1S/C21H21N5O.C7H5FO.C3H8.C2H6.CH4O/c1-13-5-4-6-17(9-13)25-21(23-3)19-20(22)24-11-18(26-19)15-7-8-16(12-27)14(2)10-15;8-7-3-1-2-6(4-7)5-9;1-3-2;2*1-2/h4-12H,1-3H3,(H2,22,24)(H,23,25);1-5H;3H2,1-2H3;1-2H3;2H,1H3. The molecule has 0 unspecified atom stereocenters. The van der Waals surface area contributed by atoms with Gasteiger partial charge in [-0.05, 0) is 55.3 Å². The molecule has 43 heavy (non-hydrogen) atoms. The van der Waals surface area contributed by atoms with Crippen LogP contribution in [0.1, 0.15) is 71.7 Å². The molecule has 0 saturated carbocycles. The molecular weight excluding hydrogens is 545 g/mol. The Labute approximate surface area is 255 Å². The highest BCUT2D eigenvalue weighted by molar-refractivity contribution is 6.09. The van der Waals surface area contributed by atoms with Crippen molar-refractivity contribution in [3.63, 3.8) is 0 Å². The van der Waals surface area contributed by atoms with E-state index in [0.717, 1.165) is 35.8 Å². The van der Waals surface area contributed by atoms with E-state index in [0.29, 0.717) is 40.5 Å². The Morgan fingerprint density at radius 2 is 1.63 bits per heavy atom. The number of aryl methyl sites for hydroxylation is 2. The first-order chi connectivity index (χ1) is 20.8. The molecule has 0 aliphatic rings. The molecule has 8 nitrogen and oxygen atoms in total. The molecule has 0 bridgehead atoms. The van der Waals surface area contributed by atoms with Crippen LogP contribution in [-0.4, -0.2) is 47.6 Å². The minimum absolute atomic E-state index is 0.292. The summed E-state index contributed by atoms with van der Waals surface area (Å²) in [6, 6.07) is 19.0. The third-order valence-corrected chi connectivity index (χ3v) is 5.21. The lowest BCUT2D eigenvalue weighted by Crippen LogP contribution is -2.18. The van der Waals surface area contributed by atoms with Gasteiger partial charge in [-0.15, -0.1) is 0 Å². The average molecular weight is 590 g/mol. The number of nitrogens with one attached hydrogen (secondary N) is 1. The predicted molar refractivity (Wildman–Crippen MR) is 177 cm³/mol. The normalized spacial score (nSPS) is 9.67. The molecule has 9 heteroatoms. The summed E-state index contributed by atoms with van der Waals surface area (Å²) in [6.45, 7) is 12.2. The topological polar surface area (TPSA) is 131 Å². The van der Waals surface area contributed by atoms with Crippen molar-refractivity contribution in [1.29, 1.82) is 0 Å². The van der Waals surface area contributed by atoms with Crippen molar-refractivity contribution in [3.05, 3.63) is 107 Å². The summed E-state index contributed by atoms with van der Waals surface area (Å²) in [7, 11) is 2.68. The lowest BCUT2D eigenvalue weighted by molar-refractivity contribution is 0.111. The Bertz CT molecular complexity index is 1440. The number of hydrogen-bond acceptors (Lipinski definition) is 7. The quantitative estimate of drug-likeness (QED) is 0.126. The van der Waals surface area contributed by atoms with Gasteiger partial charge in [-0.25, -0.2) is 14.4 Å². The molecule has 0 spiro atoms. The van der Waals surface area contributed by atoms with Crippen LogP contribution in [0.3, 0.4) is 0 Å². The number of carbonyl (C=O) groups is 2. The highest BCUT2D eigenvalue weighted by Crippen LogP contribution is 2.22. The molecule has 1 aromatic heterocycles. The van der Waals surface area contributed by atoms with Gasteiger partial charge < -0.3 is 16.2 Å². The van der Waals surface area contributed by atoms with Crippen LogP contribution in [-0.2, 0) is 0 Å². The van der Waals surface area contributed by atoms with Crippen LogP contribution in [0, 0.1) is 19.7 Å². The summed E-state index contributed by atoms with van der Waals surface area (Å²) >= 11 is 0. The van der Waals surface area contributed by atoms with Crippen molar-refractivity contribution in [1.82, 2.24) is 9.97 Å². The van der Waals surface area contributed by atoms with Crippen molar-refractivity contribution in [2.75, 3.05) is 25.2 Å². The third-order valence-electron chi connectivity index (χ3n) is 5.21. The fraction of sp³-hybridized carbons (Fsp3) is 0.265. The first-order valence-corrected chi connectivity index (χ1v) is 13.9. The Morgan fingerprint density at radius 1 is 0.977 bits per heavy atom. The Hall–Kier alpha value is -4.76. The van der Waals surface area contributed by atoms with Crippen molar-refractivity contribution in [2.24, 2.45) is 4.99 Å². The van der Waals surface area contributed by atoms with Gasteiger partial charge in [-0.1, -0.05) is 70.5 Å². The number of nitrogens with two attached hydrogens (primary N) is 1. The van der Waals surface area contributed by atoms with E-state index >= 15 is 0 Å². The second-order valence-corrected chi connectivity index (χ2v) is 8.62. The van der Waals surface area contributed by atoms with Gasteiger partial charge in [0.25, 0.3) is 0 Å². The Balaban J connectivity index is 0.000000914. The van der Waals surface area contributed by atoms with E-state index in [9.17, 15) is 14.0 Å². The molecule has 4 N–H and O–H groups in total. The molecule has 0 atom stereocenters. The number of nitrogen functional groups attached to an aromatic ring is 1. The maximum atomic E-state index is 12.2. The van der Waals surface area contributed by atoms with Crippen LogP contribution in [0.4, 0.5) is 15.9 Å². The van der Waals surface area contributed by atoms with Gasteiger partial charge in [-0.3, -0.25) is 14.6 Å². The Morgan fingerprint density at radius 3 is 2.14 bits per heavy atom. The largest absolute Gasteiger partial charge is 0.400 e. The van der Waals surface area contributed by atoms with E-state index < -0.39 is 0 Å². The minimum Gasteiger partial charge on any atom is -0.400 e. The van der Waals surface area contributed by atoms with Gasteiger partial charge in [0, 0.05) is 36.5 Å². The first-order valence-electron chi connectivity index (χ1n) is 13.9. The van der Waals surface area contributed by atoms with Gasteiger partial charge >= 0.3 is 0 Å². The van der Waals surface area contributed by atoms with Crippen LogP contribution in [0.25, 0.3) is 11.3 Å². The van der Waals surface area contributed by atoms with E-state index in [1.807, 2.05) is 64.1 Å². The second kappa shape index (κ2) is 21.9. The summed E-state index contributed by atoms with van der Waals surface area (Å²) < 4.78 is 12.2. The SMILES string of the molecule is CC.CCC.CN=C(Nc1cccc(C)c1)c1nc(-c2ccc(C=O)c(C)c2)cnc1N.CO.O=Cc1cccc(F)c1. The second-order valence-electron chi connectivity index (χ2n) is 8.62. The molecule has 0 fully saturated rings. The van der Waals surface area contributed by atoms with Gasteiger partial charge in [-0.2, -0.15) is 0 Å². The van der Waals surface area contributed by atoms with Gasteiger partial charge in [0.2, 0.25) is 0 Å². The highest BCUT2D eigenvalue weighted by atomic mass is 19.1. The number of aldehydes is 2. The average Bonchev–Trinajstić information content (AvgIpc) is 3.03. The van der Waals surface area contributed by atoms with Gasteiger partial charge in [0.15, 0.2) is 11.7 Å². The number of aliphatic imine (C=N–C) groups is 1. The number of benzene rings is 3. The fourth-order valence-corrected chi connectivity index (χ4v) is 3.34. The maximum absolute atomic E-state index is 12.2. The molecule has 4 aromatic rings. The maximum Gasteiger partial charge on any atom is 0.155 e. The Kier molecular flexibility index (Phi) is 19.5. The molecule has 3 aromatic carbocycles. The summed E-state index contributed by atoms with van der Waals surface area (Å²) in [5, 5.41) is 10.3. The molecule has 1 heterocycles. The molecule has 0 aliphatic heterocycles. The van der Waals surface area contributed by atoms with Crippen molar-refractivity contribution >= 4 is 29.9 Å². The molecule has 4 rings (SSSR count). The van der Waals surface area contributed by atoms with Gasteiger partial charge in [0.05, 0.1) is 11.9 Å². The van der Waals surface area contributed by atoms with Gasteiger partial charge in [0.1, 0.15) is 24.1 Å². The van der Waals surface area contributed by atoms with Crippen LogP contribution in [0.5, 0.6) is 0 Å². The molecule has 0 radical (unpaired) electrons. The first kappa shape index (κ1) is 38.2. The van der Waals surface area contributed by atoms with E-state index in [1.165, 1.54) is 24.6 Å². The number of anilines is 2. The number of nitrogens with zero attached hydrogens (tertiary/aromatic N) is 3. The fourth-order valence-electron chi connectivity index (χ4n) is 3.34. The zero-order valence-corrected chi connectivity index (χ0v) is 26.4. The summed E-state index contributed by atoms with van der Waals surface area (Å²) in [5.74, 6) is 0.453. The van der Waals surface area contributed by atoms with Crippen LogP contribution in [0.15, 0.2) is 77.9 Å². The number of carbonyl (C=O) groups excluding carboxylic acids is 2. The minimum atomic E-state index is -0.375. The van der Waals surface area contributed by atoms with Crippen LogP contribution >= 0.6 is 0 Å². The van der Waals surface area contributed by atoms with Crippen LogP contribution < -0.4 is 11.1 Å². The number of aliphatic hydroxyl groups excluding tert-OH is 1. The molecule has 0 aliphatic carbocycles. The molecular formula is C34H44FN5O3. The van der Waals surface area contributed by atoms with Crippen molar-refractivity contribution < 1.29 is 19.1 Å². The lowest BCUT2D eigenvalue weighted by atomic mass is 10.0. The lowest BCUT2D eigenvalue weighted by Gasteiger charge is -2.12. The smallest absolute Gasteiger partial charge is 0.155 e. The summed E-state index contributed by atoms with van der Waals surface area (Å²) in [5.41, 5.74) is 12.0. The predicted octanol–water partition coefficient (Wildman–Crippen LogP) is 7.33. The van der Waals surface area contributed by atoms with Crippen molar-refractivity contribution in [3.8, 4) is 11.3 Å². The zero-order valence-electron chi connectivity index (χ0n) is 26.4. The van der Waals surface area contributed by atoms with Crippen LogP contribution in [0.2, 0.25) is 0 Å². The van der Waals surface area contributed by atoms with E-state index in [2.05, 4.69) is 34.1 Å². The van der Waals surface area contributed by atoms with E-state index in [1.54, 1.807) is 25.4 Å². The number of aliphatic hydroxyl groups is 1. The molecule has 0 saturated heterocycles. The van der Waals surface area contributed by atoms with E-state index in [4.69, 9.17) is 10.8 Å². The molecule has 0 amide bonds. The highest BCUT2D eigenvalue weighted by Gasteiger charge is 2.14.